The summed E-state index contributed by atoms with van der Waals surface area (Å²) in [5.41, 5.74) is 0.590. The Kier molecular flexibility index (Phi) is 3.90. The van der Waals surface area contributed by atoms with E-state index in [-0.39, 0.29) is 10.3 Å². The molecule has 108 valence electrons. The maximum absolute atomic E-state index is 12.5. The van der Waals surface area contributed by atoms with E-state index < -0.39 is 10.0 Å². The van der Waals surface area contributed by atoms with Gasteiger partial charge in [0.1, 0.15) is 0 Å². The zero-order chi connectivity index (χ0) is 15.0. The Hall–Kier alpha value is -1.38. The molecule has 1 aliphatic rings. The molecule has 5 heteroatoms. The van der Waals surface area contributed by atoms with Crippen molar-refractivity contribution in [2.45, 2.75) is 32.1 Å². The average Bonchev–Trinajstić information content (AvgIpc) is 2.89. The molecule has 4 nitrogen and oxygen atoms in total. The zero-order valence-electron chi connectivity index (χ0n) is 12.1. The van der Waals surface area contributed by atoms with Crippen LogP contribution < -0.4 is 0 Å². The van der Waals surface area contributed by atoms with Gasteiger partial charge in [0.05, 0.1) is 16.5 Å². The number of hydrogen-bond acceptors (Lipinski definition) is 3. The minimum absolute atomic E-state index is 0.120. The van der Waals surface area contributed by atoms with Crippen molar-refractivity contribution >= 4 is 10.0 Å². The molecule has 0 bridgehead atoms. The third-order valence-corrected chi connectivity index (χ3v) is 5.88. The first-order valence-corrected chi connectivity index (χ1v) is 8.19. The predicted octanol–water partition coefficient (Wildman–Crippen LogP) is 2.61. The molecule has 1 aromatic carbocycles. The highest BCUT2D eigenvalue weighted by atomic mass is 32.2. The lowest BCUT2D eigenvalue weighted by Gasteiger charge is -2.26. The molecular formula is C15H20N2O2S. The highest BCUT2D eigenvalue weighted by Gasteiger charge is 2.37. The Bertz CT molecular complexity index is 621. The summed E-state index contributed by atoms with van der Waals surface area (Å²) < 4.78 is 26.7. The van der Waals surface area contributed by atoms with Gasteiger partial charge < -0.3 is 0 Å². The first kappa shape index (κ1) is 15.0. The van der Waals surface area contributed by atoms with Gasteiger partial charge in [-0.15, -0.1) is 0 Å². The molecule has 1 fully saturated rings. The van der Waals surface area contributed by atoms with Crippen molar-refractivity contribution in [1.82, 2.24) is 4.31 Å². The van der Waals surface area contributed by atoms with Crippen LogP contribution in [0.2, 0.25) is 0 Å². The second kappa shape index (κ2) is 5.19. The van der Waals surface area contributed by atoms with Gasteiger partial charge in [-0.25, -0.2) is 8.42 Å². The third-order valence-electron chi connectivity index (χ3n) is 4.00. The Morgan fingerprint density at radius 2 is 1.85 bits per heavy atom. The molecule has 1 unspecified atom stereocenters. The van der Waals surface area contributed by atoms with Crippen LogP contribution in [0.4, 0.5) is 0 Å². The molecule has 20 heavy (non-hydrogen) atoms. The number of hydrogen-bond donors (Lipinski definition) is 0. The van der Waals surface area contributed by atoms with Crippen LogP contribution in [0.3, 0.4) is 0 Å². The number of rotatable bonds is 2. The van der Waals surface area contributed by atoms with Gasteiger partial charge in [0.2, 0.25) is 10.0 Å². The van der Waals surface area contributed by atoms with Crippen LogP contribution >= 0.6 is 0 Å². The lowest BCUT2D eigenvalue weighted by molar-refractivity contribution is 0.252. The highest BCUT2D eigenvalue weighted by Crippen LogP contribution is 2.35. The molecule has 0 spiro atoms. The molecule has 2 rings (SSSR count). The van der Waals surface area contributed by atoms with Gasteiger partial charge in [0.15, 0.2) is 0 Å². The number of nitrogens with zero attached hydrogens (tertiary/aromatic N) is 2. The van der Waals surface area contributed by atoms with Crippen LogP contribution in [-0.2, 0) is 10.0 Å². The molecule has 0 radical (unpaired) electrons. The minimum Gasteiger partial charge on any atom is -0.207 e. The second-order valence-corrected chi connectivity index (χ2v) is 8.29. The molecule has 1 aliphatic heterocycles. The summed E-state index contributed by atoms with van der Waals surface area (Å²) in [6.07, 6.45) is 0.902. The Morgan fingerprint density at radius 3 is 2.30 bits per heavy atom. The highest BCUT2D eigenvalue weighted by molar-refractivity contribution is 7.89. The fraction of sp³-hybridized carbons (Fsp3) is 0.533. The molecule has 0 aromatic heterocycles. The van der Waals surface area contributed by atoms with E-state index in [0.717, 1.165) is 6.42 Å². The summed E-state index contributed by atoms with van der Waals surface area (Å²) >= 11 is 0. The molecule has 1 aromatic rings. The zero-order valence-corrected chi connectivity index (χ0v) is 12.9. The summed E-state index contributed by atoms with van der Waals surface area (Å²) in [7, 11) is -3.43. The van der Waals surface area contributed by atoms with E-state index in [1.807, 2.05) is 6.07 Å². The number of nitriles is 1. The lowest BCUT2D eigenvalue weighted by atomic mass is 9.80. The van der Waals surface area contributed by atoms with Crippen molar-refractivity contribution in [1.29, 1.82) is 5.26 Å². The summed E-state index contributed by atoms with van der Waals surface area (Å²) in [4.78, 5) is 0.269. The molecule has 1 atom stereocenters. The SMILES string of the molecule is CC(C)(C)C1CCN(S(=O)(=O)c2ccc(C#N)cc2)C1. The Morgan fingerprint density at radius 1 is 1.25 bits per heavy atom. The van der Waals surface area contributed by atoms with E-state index in [9.17, 15) is 8.42 Å². The van der Waals surface area contributed by atoms with E-state index in [1.54, 1.807) is 16.4 Å². The van der Waals surface area contributed by atoms with Crippen LogP contribution in [0.5, 0.6) is 0 Å². The first-order chi connectivity index (χ1) is 9.25. The maximum atomic E-state index is 12.5. The maximum Gasteiger partial charge on any atom is 0.243 e. The normalized spacial score (nSPS) is 20.8. The van der Waals surface area contributed by atoms with E-state index in [2.05, 4.69) is 20.8 Å². The molecule has 0 saturated carbocycles. The largest absolute Gasteiger partial charge is 0.243 e. The molecule has 0 amide bonds. The van der Waals surface area contributed by atoms with Gasteiger partial charge in [0, 0.05) is 13.1 Å². The summed E-state index contributed by atoms with van der Waals surface area (Å²) in [5, 5.41) is 8.76. The molecule has 1 heterocycles. The first-order valence-electron chi connectivity index (χ1n) is 6.75. The second-order valence-electron chi connectivity index (χ2n) is 6.35. The number of benzene rings is 1. The third kappa shape index (κ3) is 2.87. The van der Waals surface area contributed by atoms with Gasteiger partial charge in [-0.3, -0.25) is 0 Å². The molecule has 1 saturated heterocycles. The van der Waals surface area contributed by atoms with Crippen molar-refractivity contribution in [2.75, 3.05) is 13.1 Å². The van der Waals surface area contributed by atoms with E-state index >= 15 is 0 Å². The monoisotopic (exact) mass is 292 g/mol. The standard InChI is InChI=1S/C15H20N2O2S/c1-15(2,3)13-8-9-17(11-13)20(18,19)14-6-4-12(10-16)5-7-14/h4-7,13H,8-9,11H2,1-3H3. The fourth-order valence-corrected chi connectivity index (χ4v) is 4.00. The van der Waals surface area contributed by atoms with Crippen molar-refractivity contribution in [2.24, 2.45) is 11.3 Å². The molecule has 0 N–H and O–H groups in total. The summed E-state index contributed by atoms with van der Waals surface area (Å²) in [5.74, 6) is 0.385. The Labute approximate surface area is 121 Å². The fourth-order valence-electron chi connectivity index (χ4n) is 2.50. The van der Waals surface area contributed by atoms with Crippen LogP contribution in [0, 0.1) is 22.7 Å². The topological polar surface area (TPSA) is 61.2 Å². The van der Waals surface area contributed by atoms with Gasteiger partial charge in [-0.2, -0.15) is 9.57 Å². The predicted molar refractivity (Wildman–Crippen MR) is 77.5 cm³/mol. The van der Waals surface area contributed by atoms with Crippen molar-refractivity contribution in [3.63, 3.8) is 0 Å². The van der Waals surface area contributed by atoms with Gasteiger partial charge >= 0.3 is 0 Å². The van der Waals surface area contributed by atoms with Crippen LogP contribution in [0.15, 0.2) is 29.2 Å². The van der Waals surface area contributed by atoms with E-state index in [4.69, 9.17) is 5.26 Å². The number of sulfonamides is 1. The van der Waals surface area contributed by atoms with Crippen LogP contribution in [-0.4, -0.2) is 25.8 Å². The quantitative estimate of drug-likeness (QED) is 0.841. The molecular weight excluding hydrogens is 272 g/mol. The van der Waals surface area contributed by atoms with Crippen molar-refractivity contribution in [3.05, 3.63) is 29.8 Å². The summed E-state index contributed by atoms with van der Waals surface area (Å²) in [6.45, 7) is 7.59. The van der Waals surface area contributed by atoms with Crippen LogP contribution in [0.1, 0.15) is 32.8 Å². The van der Waals surface area contributed by atoms with Crippen molar-refractivity contribution < 1.29 is 8.42 Å². The minimum atomic E-state index is -3.43. The lowest BCUT2D eigenvalue weighted by Crippen LogP contribution is -2.31. The smallest absolute Gasteiger partial charge is 0.207 e. The van der Waals surface area contributed by atoms with E-state index in [0.29, 0.717) is 24.6 Å². The van der Waals surface area contributed by atoms with Gasteiger partial charge in [-0.1, -0.05) is 20.8 Å². The molecule has 0 aliphatic carbocycles. The van der Waals surface area contributed by atoms with Gasteiger partial charge in [-0.05, 0) is 42.0 Å². The van der Waals surface area contributed by atoms with Gasteiger partial charge in [0.25, 0.3) is 0 Å². The summed E-state index contributed by atoms with van der Waals surface area (Å²) in [6, 6.07) is 8.11. The average molecular weight is 292 g/mol. The van der Waals surface area contributed by atoms with Crippen molar-refractivity contribution in [3.8, 4) is 6.07 Å². The van der Waals surface area contributed by atoms with Crippen LogP contribution in [0.25, 0.3) is 0 Å². The Balaban J connectivity index is 2.22. The van der Waals surface area contributed by atoms with E-state index in [1.165, 1.54) is 12.1 Å².